The fraction of sp³-hybridized carbons (Fsp3) is 0.600. The Morgan fingerprint density at radius 1 is 1.33 bits per heavy atom. The van der Waals surface area contributed by atoms with Gasteiger partial charge in [0.15, 0.2) is 0 Å². The number of hydrogen-bond acceptors (Lipinski definition) is 3. The van der Waals surface area contributed by atoms with E-state index in [2.05, 4.69) is 24.1 Å². The van der Waals surface area contributed by atoms with Gasteiger partial charge in [-0.1, -0.05) is 19.1 Å². The van der Waals surface area contributed by atoms with Crippen molar-refractivity contribution in [3.8, 4) is 5.75 Å². The van der Waals surface area contributed by atoms with Crippen LogP contribution in [0.1, 0.15) is 25.8 Å². The molecule has 1 aliphatic rings. The summed E-state index contributed by atoms with van der Waals surface area (Å²) in [6.07, 6.45) is 2.26. The Balaban J connectivity index is 1.82. The van der Waals surface area contributed by atoms with E-state index < -0.39 is 0 Å². The molecule has 2 N–H and O–H groups in total. The summed E-state index contributed by atoms with van der Waals surface area (Å²) in [4.78, 5) is 2.59. The summed E-state index contributed by atoms with van der Waals surface area (Å²) in [5.41, 5.74) is 1.31. The maximum atomic E-state index is 9.26. The monoisotopic (exact) mass is 248 g/mol. The van der Waals surface area contributed by atoms with Crippen LogP contribution in [-0.4, -0.2) is 41.7 Å². The molecule has 100 valence electrons. The molecular weight excluding hydrogens is 224 g/mol. The minimum atomic E-state index is 0.350. The minimum Gasteiger partial charge on any atom is -0.508 e. The zero-order valence-corrected chi connectivity index (χ0v) is 11.4. The van der Waals surface area contributed by atoms with Crippen LogP contribution in [0.2, 0.25) is 0 Å². The molecule has 1 saturated heterocycles. The molecule has 0 aliphatic carbocycles. The van der Waals surface area contributed by atoms with Gasteiger partial charge >= 0.3 is 0 Å². The molecule has 0 spiro atoms. The Morgan fingerprint density at radius 2 is 2.00 bits per heavy atom. The molecular formula is C15H24N2O. The average Bonchev–Trinajstić information content (AvgIpc) is 2.32. The van der Waals surface area contributed by atoms with E-state index in [4.69, 9.17) is 0 Å². The van der Waals surface area contributed by atoms with Crippen LogP contribution in [0.4, 0.5) is 0 Å². The molecule has 1 aliphatic heterocycles. The highest BCUT2D eigenvalue weighted by Crippen LogP contribution is 2.16. The summed E-state index contributed by atoms with van der Waals surface area (Å²) in [5.74, 6) is 0.350. The van der Waals surface area contributed by atoms with Crippen molar-refractivity contribution in [1.29, 1.82) is 0 Å². The van der Waals surface area contributed by atoms with Gasteiger partial charge in [-0.15, -0.1) is 0 Å². The Kier molecular flexibility index (Phi) is 4.61. The van der Waals surface area contributed by atoms with Crippen LogP contribution < -0.4 is 5.32 Å². The molecule has 1 aromatic rings. The molecule has 1 unspecified atom stereocenters. The van der Waals surface area contributed by atoms with Crippen LogP contribution in [0.25, 0.3) is 0 Å². The highest BCUT2D eigenvalue weighted by molar-refractivity contribution is 5.25. The maximum Gasteiger partial charge on any atom is 0.115 e. The third-order valence-corrected chi connectivity index (χ3v) is 3.95. The predicted molar refractivity (Wildman–Crippen MR) is 74.9 cm³/mol. The Labute approximate surface area is 110 Å². The third-order valence-electron chi connectivity index (χ3n) is 3.95. The summed E-state index contributed by atoms with van der Waals surface area (Å²) in [7, 11) is 0. The first kappa shape index (κ1) is 13.4. The lowest BCUT2D eigenvalue weighted by molar-refractivity contribution is 0.105. The Bertz CT molecular complexity index is 359. The molecule has 1 fully saturated rings. The van der Waals surface area contributed by atoms with Crippen molar-refractivity contribution in [2.24, 2.45) is 0 Å². The molecule has 0 amide bonds. The number of hydrogen-bond donors (Lipinski definition) is 2. The van der Waals surface area contributed by atoms with Gasteiger partial charge in [0.1, 0.15) is 5.75 Å². The van der Waals surface area contributed by atoms with E-state index in [-0.39, 0.29) is 0 Å². The number of aromatic hydroxyl groups is 1. The van der Waals surface area contributed by atoms with Crippen LogP contribution in [-0.2, 0) is 6.42 Å². The molecule has 0 radical (unpaired) electrons. The first-order valence-electron chi connectivity index (χ1n) is 6.95. The molecule has 3 heteroatoms. The molecule has 2 rings (SSSR count). The van der Waals surface area contributed by atoms with E-state index in [0.29, 0.717) is 11.8 Å². The maximum absolute atomic E-state index is 9.26. The number of benzene rings is 1. The molecule has 3 nitrogen and oxygen atoms in total. The van der Waals surface area contributed by atoms with E-state index in [9.17, 15) is 5.11 Å². The Hall–Kier alpha value is -1.06. The highest BCUT2D eigenvalue weighted by atomic mass is 16.3. The molecule has 0 bridgehead atoms. The van der Waals surface area contributed by atoms with Crippen LogP contribution in [0.15, 0.2) is 24.3 Å². The lowest BCUT2D eigenvalue weighted by Gasteiger charge is -2.41. The zero-order chi connectivity index (χ0) is 13.0. The van der Waals surface area contributed by atoms with Crippen molar-refractivity contribution in [2.45, 2.75) is 38.8 Å². The lowest BCUT2D eigenvalue weighted by Crippen LogP contribution is -2.59. The first-order valence-corrected chi connectivity index (χ1v) is 6.95. The van der Waals surface area contributed by atoms with Gasteiger partial charge in [-0.2, -0.15) is 0 Å². The summed E-state index contributed by atoms with van der Waals surface area (Å²) in [6, 6.07) is 8.92. The van der Waals surface area contributed by atoms with E-state index in [1.165, 1.54) is 12.0 Å². The van der Waals surface area contributed by atoms with Gasteiger partial charge in [-0.3, -0.25) is 4.90 Å². The number of nitrogens with zero attached hydrogens (tertiary/aromatic N) is 1. The van der Waals surface area contributed by atoms with Crippen LogP contribution >= 0.6 is 0 Å². The summed E-state index contributed by atoms with van der Waals surface area (Å²) in [5, 5.41) is 12.6. The predicted octanol–water partition coefficient (Wildman–Crippen LogP) is 2.01. The number of likely N-dealkylation sites (N-methyl/N-ethyl adjacent to an activating group) is 1. The molecule has 1 aromatic carbocycles. The van der Waals surface area contributed by atoms with Gasteiger partial charge in [0.25, 0.3) is 0 Å². The second-order valence-electron chi connectivity index (χ2n) is 5.20. The van der Waals surface area contributed by atoms with Crippen LogP contribution in [0.3, 0.4) is 0 Å². The fourth-order valence-corrected chi connectivity index (χ4v) is 2.64. The van der Waals surface area contributed by atoms with Crippen LogP contribution in [0, 0.1) is 0 Å². The van der Waals surface area contributed by atoms with Crippen molar-refractivity contribution in [3.05, 3.63) is 29.8 Å². The van der Waals surface area contributed by atoms with Gasteiger partial charge in [0.05, 0.1) is 0 Å². The highest BCUT2D eigenvalue weighted by Gasteiger charge is 2.26. The van der Waals surface area contributed by atoms with Gasteiger partial charge < -0.3 is 10.4 Å². The second-order valence-corrected chi connectivity index (χ2v) is 5.20. The Morgan fingerprint density at radius 3 is 2.50 bits per heavy atom. The van der Waals surface area contributed by atoms with Crippen molar-refractivity contribution in [1.82, 2.24) is 10.2 Å². The van der Waals surface area contributed by atoms with Crippen molar-refractivity contribution >= 4 is 0 Å². The van der Waals surface area contributed by atoms with E-state index in [1.54, 1.807) is 12.1 Å². The number of phenolic OH excluding ortho intramolecular Hbond substituents is 1. The second kappa shape index (κ2) is 6.21. The number of nitrogens with one attached hydrogen (secondary N) is 1. The van der Waals surface area contributed by atoms with Gasteiger partial charge in [0.2, 0.25) is 0 Å². The normalized spacial score (nSPS) is 17.7. The van der Waals surface area contributed by atoms with Crippen molar-refractivity contribution < 1.29 is 5.11 Å². The molecule has 0 aromatic heterocycles. The van der Waals surface area contributed by atoms with Crippen LogP contribution in [0.5, 0.6) is 5.75 Å². The van der Waals surface area contributed by atoms with E-state index in [1.807, 2.05) is 12.1 Å². The fourth-order valence-electron chi connectivity index (χ4n) is 2.64. The van der Waals surface area contributed by atoms with Gasteiger partial charge in [0, 0.05) is 25.2 Å². The summed E-state index contributed by atoms with van der Waals surface area (Å²) in [6.45, 7) is 7.97. The van der Waals surface area contributed by atoms with Crippen molar-refractivity contribution in [3.63, 3.8) is 0 Å². The third kappa shape index (κ3) is 3.24. The number of phenols is 1. The van der Waals surface area contributed by atoms with Gasteiger partial charge in [-0.05, 0) is 44.0 Å². The summed E-state index contributed by atoms with van der Waals surface area (Å²) >= 11 is 0. The first-order chi connectivity index (χ1) is 8.70. The minimum absolute atomic E-state index is 0.350. The molecule has 1 atom stereocenters. The van der Waals surface area contributed by atoms with Crippen molar-refractivity contribution in [2.75, 3.05) is 19.6 Å². The smallest absolute Gasteiger partial charge is 0.115 e. The molecule has 0 saturated carbocycles. The average molecular weight is 248 g/mol. The largest absolute Gasteiger partial charge is 0.508 e. The standard InChI is InChI=1S/C15H24N2O/c1-3-17(14-10-16-11-14)12(2)4-5-13-6-8-15(18)9-7-13/h6-9,12,14,16,18H,3-5,10-11H2,1-2H3. The number of rotatable bonds is 6. The topological polar surface area (TPSA) is 35.5 Å². The quantitative estimate of drug-likeness (QED) is 0.808. The molecule has 1 heterocycles. The number of aryl methyl sites for hydroxylation is 1. The van der Waals surface area contributed by atoms with E-state index >= 15 is 0 Å². The molecule has 18 heavy (non-hydrogen) atoms. The zero-order valence-electron chi connectivity index (χ0n) is 11.4. The van der Waals surface area contributed by atoms with Gasteiger partial charge in [-0.25, -0.2) is 0 Å². The lowest BCUT2D eigenvalue weighted by atomic mass is 10.0. The van der Waals surface area contributed by atoms with E-state index in [0.717, 1.165) is 32.1 Å². The summed E-state index contributed by atoms with van der Waals surface area (Å²) < 4.78 is 0. The SMILES string of the molecule is CCN(C(C)CCc1ccc(O)cc1)C1CNC1.